The van der Waals surface area contributed by atoms with E-state index in [4.69, 9.17) is 32.7 Å². The second kappa shape index (κ2) is 10.7. The molecule has 0 fully saturated rings. The van der Waals surface area contributed by atoms with E-state index in [1.807, 2.05) is 24.3 Å². The Morgan fingerprint density at radius 3 is 2.52 bits per heavy atom. The quantitative estimate of drug-likeness (QED) is 0.679. The van der Waals surface area contributed by atoms with Gasteiger partial charge in [-0.2, -0.15) is 0 Å². The van der Waals surface area contributed by atoms with Crippen LogP contribution in [-0.2, 0) is 13.2 Å². The molecule has 4 nitrogen and oxygen atoms in total. The van der Waals surface area contributed by atoms with Gasteiger partial charge in [-0.1, -0.05) is 35.3 Å². The second-order valence-corrected chi connectivity index (χ2v) is 6.33. The molecule has 1 unspecified atom stereocenters. The number of ether oxygens (including phenoxy) is 2. The van der Waals surface area contributed by atoms with Crippen LogP contribution in [-0.4, -0.2) is 24.9 Å². The lowest BCUT2D eigenvalue weighted by Crippen LogP contribution is -2.23. The lowest BCUT2D eigenvalue weighted by atomic mass is 10.2. The topological polar surface area (TPSA) is 50.7 Å². The number of benzene rings is 2. The number of hydrogen-bond donors (Lipinski definition) is 2. The molecule has 7 heteroatoms. The van der Waals surface area contributed by atoms with Crippen molar-refractivity contribution >= 4 is 35.6 Å². The minimum Gasteiger partial charge on any atom is -0.493 e. The molecule has 0 aromatic heterocycles. The van der Waals surface area contributed by atoms with Gasteiger partial charge in [-0.05, 0) is 36.8 Å². The van der Waals surface area contributed by atoms with Gasteiger partial charge in [0.15, 0.2) is 11.5 Å². The fraction of sp³-hybridized carbons (Fsp3) is 0.333. The molecule has 0 aliphatic heterocycles. The molecule has 0 amide bonds. The van der Waals surface area contributed by atoms with Crippen molar-refractivity contribution in [3.63, 3.8) is 0 Å². The number of hydrogen-bond acceptors (Lipinski definition) is 4. The normalized spacial score (nSPS) is 11.6. The highest BCUT2D eigenvalue weighted by Gasteiger charge is 2.08. The standard InChI is InChI=1S/C18H21Cl2NO3.ClH/c1-12(22)9-21-10-13-3-6-17(18(7-13)23-2)24-11-14-4-5-15(19)8-16(14)20;/h3-8,12,21-22H,9-11H2,1-2H3;1H. The maximum absolute atomic E-state index is 9.27. The van der Waals surface area contributed by atoms with Gasteiger partial charge in [0, 0.05) is 28.7 Å². The second-order valence-electron chi connectivity index (χ2n) is 5.49. The van der Waals surface area contributed by atoms with Gasteiger partial charge in [-0.3, -0.25) is 0 Å². The zero-order valence-corrected chi connectivity index (χ0v) is 16.4. The smallest absolute Gasteiger partial charge is 0.161 e. The predicted molar refractivity (Wildman–Crippen MR) is 104 cm³/mol. The maximum atomic E-state index is 9.27. The average molecular weight is 407 g/mol. The third-order valence-electron chi connectivity index (χ3n) is 3.40. The van der Waals surface area contributed by atoms with Crippen LogP contribution in [0.15, 0.2) is 36.4 Å². The number of nitrogens with one attached hydrogen (secondary N) is 1. The van der Waals surface area contributed by atoms with E-state index in [0.29, 0.717) is 41.2 Å². The summed E-state index contributed by atoms with van der Waals surface area (Å²) in [5.74, 6) is 1.29. The summed E-state index contributed by atoms with van der Waals surface area (Å²) in [7, 11) is 1.60. The highest BCUT2D eigenvalue weighted by Crippen LogP contribution is 2.30. The summed E-state index contributed by atoms with van der Waals surface area (Å²) >= 11 is 12.0. The summed E-state index contributed by atoms with van der Waals surface area (Å²) in [4.78, 5) is 0. The highest BCUT2D eigenvalue weighted by atomic mass is 35.5. The minimum atomic E-state index is -0.376. The van der Waals surface area contributed by atoms with Crippen LogP contribution in [0.2, 0.25) is 10.0 Å². The van der Waals surface area contributed by atoms with Crippen molar-refractivity contribution in [1.29, 1.82) is 0 Å². The first-order chi connectivity index (χ1) is 11.5. The Morgan fingerprint density at radius 1 is 1.12 bits per heavy atom. The molecule has 2 N–H and O–H groups in total. The van der Waals surface area contributed by atoms with Crippen molar-refractivity contribution in [2.24, 2.45) is 0 Å². The summed E-state index contributed by atoms with van der Waals surface area (Å²) in [6.45, 7) is 3.25. The first-order valence-corrected chi connectivity index (χ1v) is 8.37. The van der Waals surface area contributed by atoms with Crippen LogP contribution < -0.4 is 14.8 Å². The fourth-order valence-electron chi connectivity index (χ4n) is 2.16. The Labute approximate surface area is 164 Å². The van der Waals surface area contributed by atoms with Gasteiger partial charge in [0.05, 0.1) is 13.2 Å². The molecule has 0 aliphatic carbocycles. The van der Waals surface area contributed by atoms with Crippen molar-refractivity contribution in [2.75, 3.05) is 13.7 Å². The summed E-state index contributed by atoms with van der Waals surface area (Å²) in [5, 5.41) is 13.6. The molecule has 2 rings (SSSR count). The molecule has 138 valence electrons. The summed E-state index contributed by atoms with van der Waals surface area (Å²) in [6, 6.07) is 11.0. The van der Waals surface area contributed by atoms with E-state index in [9.17, 15) is 5.11 Å². The average Bonchev–Trinajstić information content (AvgIpc) is 2.54. The van der Waals surface area contributed by atoms with Gasteiger partial charge in [0.25, 0.3) is 0 Å². The third-order valence-corrected chi connectivity index (χ3v) is 3.98. The first-order valence-electron chi connectivity index (χ1n) is 7.62. The zero-order chi connectivity index (χ0) is 17.5. The molecule has 0 bridgehead atoms. The molecule has 0 heterocycles. The van der Waals surface area contributed by atoms with E-state index in [1.165, 1.54) is 0 Å². The Morgan fingerprint density at radius 2 is 1.88 bits per heavy atom. The molecule has 0 aliphatic rings. The third kappa shape index (κ3) is 6.92. The van der Waals surface area contributed by atoms with Crippen LogP contribution in [0, 0.1) is 0 Å². The summed E-state index contributed by atoms with van der Waals surface area (Å²) in [5.41, 5.74) is 1.90. The Bertz CT molecular complexity index is 681. The highest BCUT2D eigenvalue weighted by molar-refractivity contribution is 6.35. The number of rotatable bonds is 8. The molecule has 0 saturated heterocycles. The van der Waals surface area contributed by atoms with Gasteiger partial charge < -0.3 is 19.9 Å². The molecule has 1 atom stereocenters. The van der Waals surface area contributed by atoms with E-state index >= 15 is 0 Å². The molecular formula is C18H22Cl3NO3. The van der Waals surface area contributed by atoms with Crippen LogP contribution in [0.1, 0.15) is 18.1 Å². The van der Waals surface area contributed by atoms with Gasteiger partial charge >= 0.3 is 0 Å². The lowest BCUT2D eigenvalue weighted by Gasteiger charge is -2.14. The van der Waals surface area contributed by atoms with Crippen LogP contribution in [0.5, 0.6) is 11.5 Å². The monoisotopic (exact) mass is 405 g/mol. The van der Waals surface area contributed by atoms with Gasteiger partial charge in [0.1, 0.15) is 6.61 Å². The maximum Gasteiger partial charge on any atom is 0.161 e. The summed E-state index contributed by atoms with van der Waals surface area (Å²) in [6.07, 6.45) is -0.376. The number of halogens is 3. The Kier molecular flexibility index (Phi) is 9.39. The van der Waals surface area contributed by atoms with Crippen LogP contribution in [0.3, 0.4) is 0 Å². The van der Waals surface area contributed by atoms with E-state index < -0.39 is 0 Å². The molecule has 0 spiro atoms. The van der Waals surface area contributed by atoms with E-state index in [1.54, 1.807) is 26.2 Å². The van der Waals surface area contributed by atoms with Crippen LogP contribution in [0.25, 0.3) is 0 Å². The first kappa shape index (κ1) is 21.9. The van der Waals surface area contributed by atoms with Gasteiger partial charge in [-0.25, -0.2) is 0 Å². The Hall–Kier alpha value is -1.17. The number of aliphatic hydroxyl groups excluding tert-OH is 1. The minimum absolute atomic E-state index is 0. The fourth-order valence-corrected chi connectivity index (χ4v) is 2.62. The molecular weight excluding hydrogens is 385 g/mol. The van der Waals surface area contributed by atoms with Crippen molar-refractivity contribution < 1.29 is 14.6 Å². The van der Waals surface area contributed by atoms with Crippen LogP contribution >= 0.6 is 35.6 Å². The zero-order valence-electron chi connectivity index (χ0n) is 14.1. The van der Waals surface area contributed by atoms with Gasteiger partial charge in [0.2, 0.25) is 0 Å². The molecule has 2 aromatic rings. The van der Waals surface area contributed by atoms with Gasteiger partial charge in [-0.15, -0.1) is 12.4 Å². The summed E-state index contributed by atoms with van der Waals surface area (Å²) < 4.78 is 11.2. The SMILES string of the molecule is COc1cc(CNCC(C)O)ccc1OCc1ccc(Cl)cc1Cl.Cl. The van der Waals surface area contributed by atoms with Crippen molar-refractivity contribution in [3.05, 3.63) is 57.6 Å². The lowest BCUT2D eigenvalue weighted by molar-refractivity contribution is 0.191. The number of methoxy groups -OCH3 is 1. The molecule has 0 saturated carbocycles. The van der Waals surface area contributed by atoms with Crippen LogP contribution in [0.4, 0.5) is 0 Å². The molecule has 25 heavy (non-hydrogen) atoms. The molecule has 2 aromatic carbocycles. The van der Waals surface area contributed by atoms with Crippen molar-refractivity contribution in [3.8, 4) is 11.5 Å². The van der Waals surface area contributed by atoms with E-state index in [0.717, 1.165) is 11.1 Å². The van der Waals surface area contributed by atoms with E-state index in [-0.39, 0.29) is 18.5 Å². The predicted octanol–water partition coefficient (Wildman–Crippen LogP) is 4.47. The largest absolute Gasteiger partial charge is 0.493 e. The Balaban J connectivity index is 0.00000312. The molecule has 0 radical (unpaired) electrons. The van der Waals surface area contributed by atoms with Crippen molar-refractivity contribution in [2.45, 2.75) is 26.2 Å². The van der Waals surface area contributed by atoms with E-state index in [2.05, 4.69) is 5.32 Å². The van der Waals surface area contributed by atoms with Crippen molar-refractivity contribution in [1.82, 2.24) is 5.32 Å². The number of aliphatic hydroxyl groups is 1.